The molecule has 2 atom stereocenters. The summed E-state index contributed by atoms with van der Waals surface area (Å²) in [6.45, 7) is 8.05. The maximum atomic E-state index is 13.9. The summed E-state index contributed by atoms with van der Waals surface area (Å²) < 4.78 is 18.4. The number of carbonyl (C=O) groups excluding carboxylic acids is 2. The number of hydrogen-bond acceptors (Lipinski definition) is 7. The second kappa shape index (κ2) is 14.3. The number of nitrogens with one attached hydrogen (secondary N) is 1. The molecule has 0 radical (unpaired) electrons. The molecule has 1 fully saturated rings. The van der Waals surface area contributed by atoms with Gasteiger partial charge in [0.2, 0.25) is 11.8 Å². The first-order valence-electron chi connectivity index (χ1n) is 15.8. The van der Waals surface area contributed by atoms with Gasteiger partial charge in [-0.3, -0.25) is 4.79 Å². The van der Waals surface area contributed by atoms with Crippen molar-refractivity contribution >= 4 is 33.9 Å². The fourth-order valence-corrected chi connectivity index (χ4v) is 6.07. The van der Waals surface area contributed by atoms with Gasteiger partial charge in [0.25, 0.3) is 0 Å². The Morgan fingerprint density at radius 2 is 1.84 bits per heavy atom. The van der Waals surface area contributed by atoms with Gasteiger partial charge in [0.1, 0.15) is 16.9 Å². The Morgan fingerprint density at radius 3 is 2.60 bits per heavy atom. The number of methoxy groups -OCH3 is 2. The van der Waals surface area contributed by atoms with Gasteiger partial charge in [-0.15, -0.1) is 0 Å². The van der Waals surface area contributed by atoms with Crippen molar-refractivity contribution in [2.75, 3.05) is 33.9 Å². The van der Waals surface area contributed by atoms with Crippen LogP contribution in [0, 0.1) is 0 Å². The summed E-state index contributed by atoms with van der Waals surface area (Å²) in [6, 6.07) is 17.8. The molecule has 10 nitrogen and oxygen atoms in total. The van der Waals surface area contributed by atoms with Crippen LogP contribution in [-0.4, -0.2) is 77.0 Å². The van der Waals surface area contributed by atoms with Gasteiger partial charge in [0.15, 0.2) is 5.65 Å². The summed E-state index contributed by atoms with van der Waals surface area (Å²) in [5.41, 5.74) is 1.99. The molecule has 3 heterocycles. The van der Waals surface area contributed by atoms with Crippen LogP contribution in [0.4, 0.5) is 4.79 Å². The highest BCUT2D eigenvalue weighted by atomic mass is 16.6. The van der Waals surface area contributed by atoms with E-state index in [1.54, 1.807) is 14.2 Å². The van der Waals surface area contributed by atoms with E-state index in [1.165, 1.54) is 0 Å². The molecule has 0 spiro atoms. The molecule has 2 aromatic heterocycles. The summed E-state index contributed by atoms with van der Waals surface area (Å²) >= 11 is 0. The molecule has 2 amide bonds. The van der Waals surface area contributed by atoms with E-state index >= 15 is 0 Å². The number of pyridine rings is 1. The lowest BCUT2D eigenvalue weighted by molar-refractivity contribution is -0.132. The number of fused-ring (bicyclic) bond motifs is 2. The van der Waals surface area contributed by atoms with Gasteiger partial charge in [0.05, 0.1) is 7.11 Å². The van der Waals surface area contributed by atoms with Gasteiger partial charge in [-0.2, -0.15) is 4.98 Å². The van der Waals surface area contributed by atoms with E-state index in [1.807, 2.05) is 49.9 Å². The van der Waals surface area contributed by atoms with Gasteiger partial charge in [-0.25, -0.2) is 9.78 Å². The molecule has 45 heavy (non-hydrogen) atoms. The van der Waals surface area contributed by atoms with E-state index in [0.29, 0.717) is 38.5 Å². The molecule has 1 N–H and O–H groups in total. The lowest BCUT2D eigenvalue weighted by Crippen LogP contribution is -2.46. The second-order valence-electron chi connectivity index (χ2n) is 12.8. The lowest BCUT2D eigenvalue weighted by atomic mass is 9.95. The number of alkyl carbamates (subject to hydrolysis) is 1. The van der Waals surface area contributed by atoms with E-state index in [2.05, 4.69) is 40.2 Å². The lowest BCUT2D eigenvalue weighted by Gasteiger charge is -2.34. The number of likely N-dealkylation sites (tertiary alicyclic amines) is 1. The van der Waals surface area contributed by atoms with Gasteiger partial charge in [-0.05, 0) is 68.9 Å². The molecule has 2 unspecified atom stereocenters. The van der Waals surface area contributed by atoms with Crippen molar-refractivity contribution in [3.05, 3.63) is 66.0 Å². The largest absolute Gasteiger partial charge is 0.481 e. The minimum absolute atomic E-state index is 0.00314. The molecule has 1 aliphatic rings. The maximum absolute atomic E-state index is 13.9. The fourth-order valence-electron chi connectivity index (χ4n) is 6.07. The topological polar surface area (TPSA) is 108 Å². The van der Waals surface area contributed by atoms with Crippen LogP contribution < -0.4 is 10.1 Å². The summed E-state index contributed by atoms with van der Waals surface area (Å²) in [5, 5.41) is 5.26. The first kappa shape index (κ1) is 32.2. The standard InChI is InChI=1S/C35H45N5O5/c1-35(2,3)45-34(42)36-28(21-24-13-14-25-10-6-7-11-26(25)20-24)22-31(41)39-17-8-12-27(23-39)32-37-29-15-16-30(44-5)38-33(29)40(32)18-9-19-43-4/h6-7,10-11,13-16,20,27-28H,8-9,12,17-19,21-23H2,1-5H3,(H,36,42). The number of hydrogen-bond donors (Lipinski definition) is 1. The third kappa shape index (κ3) is 8.30. The van der Waals surface area contributed by atoms with Crippen molar-refractivity contribution in [3.63, 3.8) is 0 Å². The molecular weight excluding hydrogens is 570 g/mol. The van der Waals surface area contributed by atoms with Crippen LogP contribution in [0.1, 0.15) is 63.8 Å². The van der Waals surface area contributed by atoms with Crippen LogP contribution in [0.15, 0.2) is 54.6 Å². The number of aromatic nitrogens is 3. The van der Waals surface area contributed by atoms with Crippen molar-refractivity contribution in [1.82, 2.24) is 24.8 Å². The Morgan fingerprint density at radius 1 is 1.04 bits per heavy atom. The quantitative estimate of drug-likeness (QED) is 0.211. The zero-order chi connectivity index (χ0) is 32.0. The van der Waals surface area contributed by atoms with Crippen LogP contribution in [0.2, 0.25) is 0 Å². The van der Waals surface area contributed by atoms with Crippen molar-refractivity contribution < 1.29 is 23.8 Å². The molecule has 240 valence electrons. The minimum atomic E-state index is -0.644. The Kier molecular flexibility index (Phi) is 10.2. The smallest absolute Gasteiger partial charge is 0.407 e. The molecule has 5 rings (SSSR count). The summed E-state index contributed by atoms with van der Waals surface area (Å²) in [7, 11) is 3.31. The molecule has 0 aliphatic carbocycles. The third-order valence-corrected chi connectivity index (χ3v) is 8.11. The zero-order valence-electron chi connectivity index (χ0n) is 27.0. The molecule has 10 heteroatoms. The SMILES string of the molecule is COCCCn1c(C2CCCN(C(=O)CC(Cc3ccc4ccccc4c3)NC(=O)OC(C)(C)C)C2)nc2ccc(OC)nc21. The number of aryl methyl sites for hydroxylation is 1. The number of amides is 2. The monoisotopic (exact) mass is 615 g/mol. The molecule has 2 aromatic carbocycles. The highest BCUT2D eigenvalue weighted by Gasteiger charge is 2.31. The van der Waals surface area contributed by atoms with Gasteiger partial charge in [0, 0.05) is 57.8 Å². The van der Waals surface area contributed by atoms with Crippen LogP contribution in [0.3, 0.4) is 0 Å². The van der Waals surface area contributed by atoms with E-state index in [9.17, 15) is 9.59 Å². The van der Waals surface area contributed by atoms with Gasteiger partial charge < -0.3 is 29.0 Å². The normalized spacial score (nSPS) is 16.1. The molecule has 4 aromatic rings. The Balaban J connectivity index is 1.34. The van der Waals surface area contributed by atoms with E-state index < -0.39 is 17.7 Å². The number of nitrogens with zero attached hydrogens (tertiary/aromatic N) is 4. The highest BCUT2D eigenvalue weighted by molar-refractivity contribution is 5.83. The molecule has 1 saturated heterocycles. The molecular formula is C35H45N5O5. The number of rotatable bonds is 11. The second-order valence-corrected chi connectivity index (χ2v) is 12.8. The van der Waals surface area contributed by atoms with Crippen LogP contribution in [-0.2, 0) is 27.2 Å². The Bertz CT molecular complexity index is 1630. The van der Waals surface area contributed by atoms with Crippen molar-refractivity contribution in [3.8, 4) is 5.88 Å². The average Bonchev–Trinajstić information content (AvgIpc) is 3.37. The van der Waals surface area contributed by atoms with E-state index in [-0.39, 0.29) is 18.2 Å². The number of carbonyl (C=O) groups is 2. The van der Waals surface area contributed by atoms with Gasteiger partial charge in [-0.1, -0.05) is 42.5 Å². The summed E-state index contributed by atoms with van der Waals surface area (Å²) in [5.74, 6) is 1.53. The van der Waals surface area contributed by atoms with Crippen LogP contribution >= 0.6 is 0 Å². The maximum Gasteiger partial charge on any atom is 0.407 e. The number of imidazole rings is 1. The number of benzene rings is 2. The van der Waals surface area contributed by atoms with Crippen molar-refractivity contribution in [2.45, 2.75) is 77.0 Å². The summed E-state index contributed by atoms with van der Waals surface area (Å²) in [4.78, 5) is 38.3. The minimum Gasteiger partial charge on any atom is -0.481 e. The predicted molar refractivity (Wildman–Crippen MR) is 175 cm³/mol. The molecule has 1 aliphatic heterocycles. The Labute approximate surface area is 265 Å². The van der Waals surface area contributed by atoms with Crippen molar-refractivity contribution in [1.29, 1.82) is 0 Å². The van der Waals surface area contributed by atoms with Crippen molar-refractivity contribution in [2.24, 2.45) is 0 Å². The average molecular weight is 616 g/mol. The van der Waals surface area contributed by atoms with Crippen LogP contribution in [0.5, 0.6) is 5.88 Å². The summed E-state index contributed by atoms with van der Waals surface area (Å²) in [6.07, 6.45) is 2.76. The molecule has 0 bridgehead atoms. The van der Waals surface area contributed by atoms with Crippen LogP contribution in [0.25, 0.3) is 21.9 Å². The van der Waals surface area contributed by atoms with Gasteiger partial charge >= 0.3 is 6.09 Å². The number of piperidine rings is 1. The Hall–Kier alpha value is -4.18. The van der Waals surface area contributed by atoms with E-state index in [0.717, 1.165) is 52.6 Å². The highest BCUT2D eigenvalue weighted by Crippen LogP contribution is 2.30. The zero-order valence-corrected chi connectivity index (χ0v) is 27.0. The third-order valence-electron chi connectivity index (χ3n) is 8.11. The number of ether oxygens (including phenoxy) is 3. The first-order chi connectivity index (χ1) is 21.6. The predicted octanol–water partition coefficient (Wildman–Crippen LogP) is 5.86. The molecule has 0 saturated carbocycles. The first-order valence-corrected chi connectivity index (χ1v) is 15.8. The van der Waals surface area contributed by atoms with E-state index in [4.69, 9.17) is 24.2 Å². The fraction of sp³-hybridized carbons (Fsp3) is 0.486.